The number of unbranched alkanes of at least 4 members (excludes halogenated alkanes) is 3. The third-order valence-corrected chi connectivity index (χ3v) is 12.9. The number of β-amino-alcohol motifs (C(OH)–C–C–N with tert-alkyl or cyclic N) is 2. The zero-order valence-electron chi connectivity index (χ0n) is 40.7. The van der Waals surface area contributed by atoms with Gasteiger partial charge >= 0.3 is 11.9 Å². The summed E-state index contributed by atoms with van der Waals surface area (Å²) < 4.78 is 55.6. The molecule has 2 aliphatic heterocycles. The zero-order valence-corrected chi connectivity index (χ0v) is 40.7. The minimum Gasteiger partial charge on any atom is -0.493 e. The molecule has 0 spiro atoms. The Morgan fingerprint density at radius 3 is 1.18 bits per heavy atom. The van der Waals surface area contributed by atoms with Crippen molar-refractivity contribution in [1.29, 1.82) is 0 Å². The van der Waals surface area contributed by atoms with Gasteiger partial charge in [-0.25, -0.2) is 9.59 Å². The van der Waals surface area contributed by atoms with E-state index in [9.17, 15) is 19.8 Å². The molecule has 4 unspecified atom stereocenters. The number of benzene rings is 4. The summed E-state index contributed by atoms with van der Waals surface area (Å²) in [5.74, 6) is 3.59. The lowest BCUT2D eigenvalue weighted by Gasteiger charge is -2.38. The quantitative estimate of drug-likeness (QED) is 0.0575. The van der Waals surface area contributed by atoms with Crippen molar-refractivity contribution in [2.75, 3.05) is 96.3 Å². The van der Waals surface area contributed by atoms with E-state index >= 15 is 0 Å². The average Bonchev–Trinajstić information content (AvgIpc) is 3.36. The molecule has 16 nitrogen and oxygen atoms in total. The van der Waals surface area contributed by atoms with Crippen LogP contribution in [0.2, 0.25) is 0 Å². The molecule has 2 N–H and O–H groups in total. The van der Waals surface area contributed by atoms with Crippen molar-refractivity contribution in [2.45, 2.75) is 75.7 Å². The van der Waals surface area contributed by atoms with Gasteiger partial charge in [0.2, 0.25) is 0 Å². The second-order valence-electron chi connectivity index (χ2n) is 16.9. The highest BCUT2D eigenvalue weighted by molar-refractivity contribution is 5.75. The summed E-state index contributed by atoms with van der Waals surface area (Å²) in [5, 5.41) is 22.2. The van der Waals surface area contributed by atoms with Crippen LogP contribution in [0.3, 0.4) is 0 Å². The van der Waals surface area contributed by atoms with Crippen molar-refractivity contribution in [3.63, 3.8) is 0 Å². The minimum atomic E-state index is -1.36. The van der Waals surface area contributed by atoms with Gasteiger partial charge in [0.15, 0.2) is 58.2 Å². The van der Waals surface area contributed by atoms with E-state index in [2.05, 4.69) is 9.80 Å². The van der Waals surface area contributed by atoms with Gasteiger partial charge in [-0.3, -0.25) is 9.80 Å². The lowest BCUT2D eigenvalue weighted by molar-refractivity contribution is -0.156. The van der Waals surface area contributed by atoms with Crippen molar-refractivity contribution in [2.24, 2.45) is 0 Å². The highest BCUT2D eigenvalue weighted by Crippen LogP contribution is 2.42. The van der Waals surface area contributed by atoms with Crippen LogP contribution in [-0.2, 0) is 44.7 Å². The molecule has 2 heterocycles. The summed E-state index contributed by atoms with van der Waals surface area (Å²) >= 11 is 0. The first-order chi connectivity index (χ1) is 33.0. The van der Waals surface area contributed by atoms with Gasteiger partial charge in [-0.1, -0.05) is 12.1 Å². The molecule has 16 heteroatoms. The molecule has 2 aliphatic rings. The number of hydrogen-bond donors (Lipinski definition) is 2. The Hall–Kier alpha value is -5.94. The number of rotatable bonds is 25. The van der Waals surface area contributed by atoms with Gasteiger partial charge in [0.1, 0.15) is 0 Å². The largest absolute Gasteiger partial charge is 0.493 e. The van der Waals surface area contributed by atoms with Gasteiger partial charge in [0, 0.05) is 38.3 Å². The van der Waals surface area contributed by atoms with Crippen LogP contribution in [0.15, 0.2) is 60.7 Å². The Labute approximate surface area is 399 Å². The van der Waals surface area contributed by atoms with Gasteiger partial charge in [-0.2, -0.15) is 0 Å². The van der Waals surface area contributed by atoms with E-state index in [1.165, 1.54) is 0 Å². The molecule has 4 atom stereocenters. The monoisotopic (exact) mass is 944 g/mol. The number of ether oxygens (including phenoxy) is 10. The number of nitrogens with zero attached hydrogens (tertiary/aromatic N) is 2. The van der Waals surface area contributed by atoms with Crippen LogP contribution in [0.4, 0.5) is 0 Å². The summed E-state index contributed by atoms with van der Waals surface area (Å²) in [6.45, 7) is 1.65. The number of aliphatic hydroxyl groups excluding tert-OH is 2. The highest BCUT2D eigenvalue weighted by Gasteiger charge is 2.34. The smallest absolute Gasteiger partial charge is 0.336 e. The van der Waals surface area contributed by atoms with Crippen LogP contribution >= 0.6 is 0 Å². The molecule has 370 valence electrons. The highest BCUT2D eigenvalue weighted by atomic mass is 16.6. The first kappa shape index (κ1) is 51.5. The Bertz CT molecular complexity index is 2150. The molecular weight excluding hydrogens is 877 g/mol. The van der Waals surface area contributed by atoms with E-state index < -0.39 is 24.1 Å². The van der Waals surface area contributed by atoms with Crippen LogP contribution in [0, 0.1) is 0 Å². The molecular formula is C52H68N2O14. The topological polar surface area (TPSA) is 173 Å². The maximum atomic E-state index is 13.1. The van der Waals surface area contributed by atoms with E-state index in [1.54, 1.807) is 56.9 Å². The number of methoxy groups -OCH3 is 8. The van der Waals surface area contributed by atoms with Gasteiger partial charge in [-0.05, 0) is 133 Å². The average molecular weight is 945 g/mol. The molecule has 0 aromatic heterocycles. The molecule has 0 amide bonds. The third-order valence-electron chi connectivity index (χ3n) is 12.9. The Balaban J connectivity index is 0.966. The minimum absolute atomic E-state index is 0.0787. The maximum absolute atomic E-state index is 13.1. The van der Waals surface area contributed by atoms with Crippen molar-refractivity contribution in [3.05, 3.63) is 94.0 Å². The molecule has 0 radical (unpaired) electrons. The van der Waals surface area contributed by atoms with Gasteiger partial charge < -0.3 is 57.6 Å². The summed E-state index contributed by atoms with van der Waals surface area (Å²) in [5.41, 5.74) is 6.25. The summed E-state index contributed by atoms with van der Waals surface area (Å²) in [6.07, 6.45) is 2.38. The zero-order chi connectivity index (χ0) is 48.7. The standard InChI is InChI=1S/C52H68N2O14/c1-59-43-15-13-33(25-45(43)61-3)23-39-37-29-49(65-7)47(63-5)27-35(37)17-19-53(39)31-41(55)51(57)67-21-11-9-10-12-22-68-52(58)42(56)32-54-20-18-36-28-48(64-6)50(66-8)30-38(36)40(54)24-34-14-16-44(60-2)46(26-34)62-4/h13-16,25-30,39-42,55-56H,9-12,17-24,31-32H2,1-8H3. The lowest BCUT2D eigenvalue weighted by Crippen LogP contribution is -2.44. The number of fused-ring (bicyclic) bond motifs is 2. The normalized spacial score (nSPS) is 16.6. The molecule has 4 aromatic rings. The molecule has 0 saturated carbocycles. The van der Waals surface area contributed by atoms with E-state index in [0.717, 1.165) is 33.4 Å². The number of hydrogen-bond acceptors (Lipinski definition) is 16. The fraction of sp³-hybridized carbons (Fsp3) is 0.500. The molecule has 0 aliphatic carbocycles. The van der Waals surface area contributed by atoms with E-state index in [0.29, 0.717) is 110 Å². The first-order valence-electron chi connectivity index (χ1n) is 23.1. The number of carbonyl (C=O) groups is 2. The van der Waals surface area contributed by atoms with Crippen molar-refractivity contribution in [3.8, 4) is 46.0 Å². The van der Waals surface area contributed by atoms with Crippen LogP contribution in [-0.4, -0.2) is 140 Å². The van der Waals surface area contributed by atoms with E-state index in [1.807, 2.05) is 60.7 Å². The number of carbonyl (C=O) groups excluding carboxylic acids is 2. The number of esters is 2. The molecule has 0 saturated heterocycles. The second-order valence-corrected chi connectivity index (χ2v) is 16.9. The molecule has 4 aromatic carbocycles. The van der Waals surface area contributed by atoms with Gasteiger partial charge in [0.25, 0.3) is 0 Å². The van der Waals surface area contributed by atoms with Crippen molar-refractivity contribution < 1.29 is 67.2 Å². The Morgan fingerprint density at radius 2 is 0.824 bits per heavy atom. The second kappa shape index (κ2) is 24.9. The predicted octanol–water partition coefficient (Wildman–Crippen LogP) is 6.11. The van der Waals surface area contributed by atoms with E-state index in [-0.39, 0.29) is 38.4 Å². The Kier molecular flexibility index (Phi) is 18.8. The Morgan fingerprint density at radius 1 is 0.485 bits per heavy atom. The van der Waals surface area contributed by atoms with Crippen molar-refractivity contribution >= 4 is 11.9 Å². The SMILES string of the molecule is COc1ccc(CC2c3cc(OC)c(OC)cc3CCN2CC(O)C(=O)OCCCCCCOC(=O)C(O)CN2CCc3cc(OC)c(OC)cc3C2Cc2ccc(OC)c(OC)c2)cc1OC. The van der Waals surface area contributed by atoms with Gasteiger partial charge in [0.05, 0.1) is 70.1 Å². The maximum Gasteiger partial charge on any atom is 0.336 e. The third kappa shape index (κ3) is 12.6. The molecule has 0 bridgehead atoms. The van der Waals surface area contributed by atoms with Crippen LogP contribution in [0.25, 0.3) is 0 Å². The number of aliphatic hydroxyl groups is 2. The van der Waals surface area contributed by atoms with Crippen LogP contribution in [0.5, 0.6) is 46.0 Å². The summed E-state index contributed by atoms with van der Waals surface area (Å²) in [7, 11) is 12.8. The molecule has 0 fully saturated rings. The first-order valence-corrected chi connectivity index (χ1v) is 23.1. The van der Waals surface area contributed by atoms with Crippen LogP contribution in [0.1, 0.15) is 71.1 Å². The lowest BCUT2D eigenvalue weighted by atomic mass is 9.87. The fourth-order valence-electron chi connectivity index (χ4n) is 9.23. The fourth-order valence-corrected chi connectivity index (χ4v) is 9.23. The van der Waals surface area contributed by atoms with E-state index in [4.69, 9.17) is 47.4 Å². The summed E-state index contributed by atoms with van der Waals surface area (Å²) in [6, 6.07) is 19.1. The summed E-state index contributed by atoms with van der Waals surface area (Å²) in [4.78, 5) is 30.4. The molecule has 68 heavy (non-hydrogen) atoms. The predicted molar refractivity (Wildman–Crippen MR) is 254 cm³/mol. The van der Waals surface area contributed by atoms with Crippen LogP contribution < -0.4 is 37.9 Å². The molecule has 6 rings (SSSR count). The van der Waals surface area contributed by atoms with Gasteiger partial charge in [-0.15, -0.1) is 0 Å². The van der Waals surface area contributed by atoms with Crippen molar-refractivity contribution in [1.82, 2.24) is 9.80 Å².